The van der Waals surface area contributed by atoms with E-state index in [1.807, 2.05) is 18.2 Å². The quantitative estimate of drug-likeness (QED) is 0.841. The van der Waals surface area contributed by atoms with Gasteiger partial charge in [-0.15, -0.1) is 0 Å². The summed E-state index contributed by atoms with van der Waals surface area (Å²) in [6.45, 7) is 3.20. The first-order chi connectivity index (χ1) is 10.3. The average Bonchev–Trinajstić information content (AvgIpc) is 2.49. The Morgan fingerprint density at radius 3 is 2.48 bits per heavy atom. The van der Waals surface area contributed by atoms with E-state index >= 15 is 0 Å². The summed E-state index contributed by atoms with van der Waals surface area (Å²) in [5.41, 5.74) is 3.77. The van der Waals surface area contributed by atoms with Gasteiger partial charge < -0.3 is 5.32 Å². The molecule has 0 fully saturated rings. The highest BCUT2D eigenvalue weighted by molar-refractivity contribution is 5.26. The van der Waals surface area contributed by atoms with Crippen LogP contribution in [0.4, 0.5) is 0 Å². The lowest BCUT2D eigenvalue weighted by Gasteiger charge is -2.14. The van der Waals surface area contributed by atoms with Crippen LogP contribution >= 0.6 is 0 Å². The molecule has 2 heteroatoms. The van der Waals surface area contributed by atoms with Gasteiger partial charge in [-0.3, -0.25) is 0 Å². The second kappa shape index (κ2) is 8.24. The maximum atomic E-state index is 8.75. The van der Waals surface area contributed by atoms with Gasteiger partial charge in [0.15, 0.2) is 0 Å². The molecule has 0 amide bonds. The first-order valence-electron chi connectivity index (χ1n) is 7.50. The highest BCUT2D eigenvalue weighted by atomic mass is 14.9. The van der Waals surface area contributed by atoms with Gasteiger partial charge in [0.2, 0.25) is 0 Å². The Hall–Kier alpha value is -2.11. The van der Waals surface area contributed by atoms with Crippen LogP contribution in [-0.2, 0) is 19.3 Å². The summed E-state index contributed by atoms with van der Waals surface area (Å²) >= 11 is 0. The molecule has 0 unspecified atom stereocenters. The summed E-state index contributed by atoms with van der Waals surface area (Å²) in [4.78, 5) is 0. The van der Waals surface area contributed by atoms with Crippen molar-refractivity contribution in [2.75, 3.05) is 6.54 Å². The van der Waals surface area contributed by atoms with Crippen LogP contribution in [0.25, 0.3) is 0 Å². The van der Waals surface area contributed by atoms with Crippen LogP contribution in [0.5, 0.6) is 0 Å². The molecule has 0 saturated carbocycles. The van der Waals surface area contributed by atoms with Gasteiger partial charge in [-0.1, -0.05) is 54.6 Å². The fourth-order valence-electron chi connectivity index (χ4n) is 2.49. The second-order valence-corrected chi connectivity index (χ2v) is 5.45. The van der Waals surface area contributed by atoms with Crippen molar-refractivity contribution in [2.24, 2.45) is 0 Å². The molecule has 0 radical (unpaired) electrons. The van der Waals surface area contributed by atoms with Gasteiger partial charge in [0.25, 0.3) is 0 Å². The number of nitrogens with zero attached hydrogens (tertiary/aromatic N) is 1. The van der Waals surface area contributed by atoms with Crippen LogP contribution in [0, 0.1) is 11.3 Å². The highest BCUT2D eigenvalue weighted by Crippen LogP contribution is 2.08. The SMILES string of the molecule is C[C@H](Cc1cccc(CC#N)c1)NCCc1ccccc1. The van der Waals surface area contributed by atoms with E-state index in [0.29, 0.717) is 12.5 Å². The van der Waals surface area contributed by atoms with Crippen molar-refractivity contribution in [2.45, 2.75) is 32.2 Å². The molecular weight excluding hydrogens is 256 g/mol. The minimum Gasteiger partial charge on any atom is -0.314 e. The Labute approximate surface area is 127 Å². The number of benzene rings is 2. The maximum Gasteiger partial charge on any atom is 0.0669 e. The monoisotopic (exact) mass is 278 g/mol. The smallest absolute Gasteiger partial charge is 0.0669 e. The lowest BCUT2D eigenvalue weighted by atomic mass is 10.0. The third-order valence-electron chi connectivity index (χ3n) is 3.57. The lowest BCUT2D eigenvalue weighted by molar-refractivity contribution is 0.548. The molecule has 108 valence electrons. The number of nitriles is 1. The molecule has 2 aromatic carbocycles. The molecule has 0 aliphatic heterocycles. The van der Waals surface area contributed by atoms with Gasteiger partial charge >= 0.3 is 0 Å². The van der Waals surface area contributed by atoms with E-state index < -0.39 is 0 Å². The van der Waals surface area contributed by atoms with Crippen molar-refractivity contribution in [1.29, 1.82) is 5.26 Å². The molecule has 1 atom stereocenters. The molecule has 2 nitrogen and oxygen atoms in total. The standard InChI is InChI=1S/C19H22N2/c1-16(21-13-11-17-6-3-2-4-7-17)14-19-9-5-8-18(15-19)10-12-20/h2-9,15-16,21H,10-11,13-14H2,1H3/t16-/m1/s1. The molecule has 0 aliphatic rings. The molecule has 0 heterocycles. The van der Waals surface area contributed by atoms with Crippen molar-refractivity contribution in [3.05, 3.63) is 71.3 Å². The summed E-state index contributed by atoms with van der Waals surface area (Å²) in [6.07, 6.45) is 2.54. The first kappa shape index (κ1) is 15.3. The van der Waals surface area contributed by atoms with Crippen molar-refractivity contribution >= 4 is 0 Å². The van der Waals surface area contributed by atoms with Crippen LogP contribution in [0.2, 0.25) is 0 Å². The van der Waals surface area contributed by atoms with Crippen LogP contribution < -0.4 is 5.32 Å². The van der Waals surface area contributed by atoms with E-state index in [0.717, 1.165) is 24.9 Å². The minimum absolute atomic E-state index is 0.436. The highest BCUT2D eigenvalue weighted by Gasteiger charge is 2.04. The van der Waals surface area contributed by atoms with E-state index in [4.69, 9.17) is 5.26 Å². The average molecular weight is 278 g/mol. The predicted octanol–water partition coefficient (Wildman–Crippen LogP) is 3.52. The maximum absolute atomic E-state index is 8.75. The van der Waals surface area contributed by atoms with Crippen molar-refractivity contribution in [1.82, 2.24) is 5.32 Å². The normalized spacial score (nSPS) is 11.8. The van der Waals surface area contributed by atoms with E-state index in [-0.39, 0.29) is 0 Å². The van der Waals surface area contributed by atoms with Gasteiger partial charge in [0, 0.05) is 6.04 Å². The summed E-state index contributed by atoms with van der Waals surface area (Å²) < 4.78 is 0. The summed E-state index contributed by atoms with van der Waals surface area (Å²) in [6, 6.07) is 21.5. The zero-order valence-electron chi connectivity index (χ0n) is 12.5. The topological polar surface area (TPSA) is 35.8 Å². The van der Waals surface area contributed by atoms with E-state index in [2.05, 4.69) is 54.7 Å². The van der Waals surface area contributed by atoms with Crippen LogP contribution in [0.15, 0.2) is 54.6 Å². The Kier molecular flexibility index (Phi) is 5.99. The van der Waals surface area contributed by atoms with E-state index in [1.54, 1.807) is 0 Å². The van der Waals surface area contributed by atoms with Gasteiger partial charge in [0.1, 0.15) is 0 Å². The summed E-state index contributed by atoms with van der Waals surface area (Å²) in [5.74, 6) is 0. The van der Waals surface area contributed by atoms with Crippen LogP contribution in [-0.4, -0.2) is 12.6 Å². The molecule has 0 saturated heterocycles. The van der Waals surface area contributed by atoms with Crippen molar-refractivity contribution < 1.29 is 0 Å². The molecule has 21 heavy (non-hydrogen) atoms. The number of hydrogen-bond donors (Lipinski definition) is 1. The third kappa shape index (κ3) is 5.41. The third-order valence-corrected chi connectivity index (χ3v) is 3.57. The van der Waals surface area contributed by atoms with Crippen LogP contribution in [0.3, 0.4) is 0 Å². The van der Waals surface area contributed by atoms with E-state index in [1.165, 1.54) is 11.1 Å². The molecule has 0 aliphatic carbocycles. The molecule has 0 aromatic heterocycles. The van der Waals surface area contributed by atoms with Gasteiger partial charge in [-0.2, -0.15) is 5.26 Å². The minimum atomic E-state index is 0.436. The van der Waals surface area contributed by atoms with Crippen molar-refractivity contribution in [3.63, 3.8) is 0 Å². The number of rotatable bonds is 7. The van der Waals surface area contributed by atoms with Gasteiger partial charge in [0.05, 0.1) is 12.5 Å². The first-order valence-corrected chi connectivity index (χ1v) is 7.50. The second-order valence-electron chi connectivity index (χ2n) is 5.45. The molecule has 2 aromatic rings. The lowest BCUT2D eigenvalue weighted by Crippen LogP contribution is -2.30. The molecular formula is C19H22N2. The molecule has 1 N–H and O–H groups in total. The largest absolute Gasteiger partial charge is 0.314 e. The Morgan fingerprint density at radius 2 is 1.71 bits per heavy atom. The summed E-state index contributed by atoms with van der Waals surface area (Å²) in [5, 5.41) is 12.3. The Bertz CT molecular complexity index is 584. The molecule has 0 bridgehead atoms. The fourth-order valence-corrected chi connectivity index (χ4v) is 2.49. The zero-order chi connectivity index (χ0) is 14.9. The summed E-state index contributed by atoms with van der Waals surface area (Å²) in [7, 11) is 0. The zero-order valence-corrected chi connectivity index (χ0v) is 12.5. The van der Waals surface area contributed by atoms with Gasteiger partial charge in [-0.25, -0.2) is 0 Å². The number of hydrogen-bond acceptors (Lipinski definition) is 2. The van der Waals surface area contributed by atoms with Crippen LogP contribution in [0.1, 0.15) is 23.6 Å². The van der Waals surface area contributed by atoms with Gasteiger partial charge in [-0.05, 0) is 43.0 Å². The van der Waals surface area contributed by atoms with E-state index in [9.17, 15) is 0 Å². The fraction of sp³-hybridized carbons (Fsp3) is 0.316. The predicted molar refractivity (Wildman–Crippen MR) is 87.1 cm³/mol. The number of nitrogens with one attached hydrogen (secondary N) is 1. The Balaban J connectivity index is 1.78. The molecule has 0 spiro atoms. The molecule has 2 rings (SSSR count). The Morgan fingerprint density at radius 1 is 1.00 bits per heavy atom. The van der Waals surface area contributed by atoms with Crippen molar-refractivity contribution in [3.8, 4) is 6.07 Å².